The largest absolute Gasteiger partial charge is 0.502 e. The molecule has 0 spiro atoms. The van der Waals surface area contributed by atoms with Gasteiger partial charge < -0.3 is 5.11 Å². The van der Waals surface area contributed by atoms with E-state index >= 15 is 0 Å². The van der Waals surface area contributed by atoms with Gasteiger partial charge in [0, 0.05) is 6.07 Å². The van der Waals surface area contributed by atoms with Crippen molar-refractivity contribution in [2.45, 2.75) is 0 Å². The van der Waals surface area contributed by atoms with Crippen LogP contribution >= 0.6 is 11.3 Å². The molecular formula is C9H6N4O4S. The minimum absolute atomic E-state index is 0.195. The number of amides is 1. The number of phenols is 1. The summed E-state index contributed by atoms with van der Waals surface area (Å²) in [5, 5.41) is 30.0. The lowest BCUT2D eigenvalue weighted by atomic mass is 10.1. The Bertz CT molecular complexity index is 599. The van der Waals surface area contributed by atoms with Crippen LogP contribution in [0.25, 0.3) is 0 Å². The number of nitro groups is 1. The van der Waals surface area contributed by atoms with Crippen LogP contribution in [0.3, 0.4) is 0 Å². The number of rotatable bonds is 3. The van der Waals surface area contributed by atoms with Gasteiger partial charge in [0.15, 0.2) is 0 Å². The molecule has 0 atom stereocenters. The van der Waals surface area contributed by atoms with Crippen LogP contribution in [0.5, 0.6) is 5.75 Å². The Morgan fingerprint density at radius 3 is 2.89 bits per heavy atom. The summed E-state index contributed by atoms with van der Waals surface area (Å²) < 4.78 is 0. The van der Waals surface area contributed by atoms with Crippen LogP contribution in [0.2, 0.25) is 0 Å². The van der Waals surface area contributed by atoms with Gasteiger partial charge in [-0.2, -0.15) is 0 Å². The average molecular weight is 266 g/mol. The van der Waals surface area contributed by atoms with Crippen LogP contribution in [0.4, 0.5) is 10.8 Å². The summed E-state index contributed by atoms with van der Waals surface area (Å²) in [5.74, 6) is -1.36. The Morgan fingerprint density at radius 2 is 2.28 bits per heavy atom. The topological polar surface area (TPSA) is 118 Å². The first kappa shape index (κ1) is 11.9. The average Bonchev–Trinajstić information content (AvgIpc) is 2.81. The third-order valence-corrected chi connectivity index (χ3v) is 2.64. The Kier molecular flexibility index (Phi) is 3.15. The summed E-state index contributed by atoms with van der Waals surface area (Å²) in [4.78, 5) is 21.6. The second-order valence-corrected chi connectivity index (χ2v) is 3.96. The maximum absolute atomic E-state index is 11.8. The lowest BCUT2D eigenvalue weighted by Gasteiger charge is -2.03. The van der Waals surface area contributed by atoms with Gasteiger partial charge in [-0.15, -0.1) is 10.2 Å². The highest BCUT2D eigenvalue weighted by molar-refractivity contribution is 7.13. The second kappa shape index (κ2) is 4.75. The molecule has 9 heteroatoms. The number of carbonyl (C=O) groups excluding carboxylic acids is 1. The molecule has 8 nitrogen and oxygen atoms in total. The maximum Gasteiger partial charge on any atom is 0.311 e. The second-order valence-electron chi connectivity index (χ2n) is 3.13. The van der Waals surface area contributed by atoms with E-state index in [1.807, 2.05) is 0 Å². The number of hydrogen-bond donors (Lipinski definition) is 2. The van der Waals surface area contributed by atoms with Gasteiger partial charge in [0.25, 0.3) is 5.91 Å². The highest BCUT2D eigenvalue weighted by Crippen LogP contribution is 2.29. The smallest absolute Gasteiger partial charge is 0.311 e. The summed E-state index contributed by atoms with van der Waals surface area (Å²) in [6.07, 6.45) is 0. The SMILES string of the molecule is O=C(Nc1nncs1)c1cccc([N+](=O)[O-])c1O. The number of benzene rings is 1. The van der Waals surface area contributed by atoms with E-state index in [2.05, 4.69) is 15.5 Å². The molecule has 0 bridgehead atoms. The maximum atomic E-state index is 11.8. The Balaban J connectivity index is 2.31. The van der Waals surface area contributed by atoms with Crippen molar-refractivity contribution in [1.29, 1.82) is 0 Å². The quantitative estimate of drug-likeness (QED) is 0.640. The van der Waals surface area contributed by atoms with E-state index in [9.17, 15) is 20.0 Å². The van der Waals surface area contributed by atoms with Crippen molar-refractivity contribution in [3.8, 4) is 5.75 Å². The molecule has 0 aliphatic carbocycles. The molecule has 0 aliphatic heterocycles. The molecule has 0 fully saturated rings. The molecule has 0 saturated carbocycles. The first-order valence-corrected chi connectivity index (χ1v) is 5.51. The van der Waals surface area contributed by atoms with Gasteiger partial charge in [0.1, 0.15) is 5.51 Å². The van der Waals surface area contributed by atoms with Crippen molar-refractivity contribution in [2.24, 2.45) is 0 Å². The molecule has 1 amide bonds. The molecule has 2 aromatic rings. The predicted molar refractivity (Wildman–Crippen MR) is 62.6 cm³/mol. The fourth-order valence-corrected chi connectivity index (χ4v) is 1.69. The molecule has 0 aliphatic rings. The third-order valence-electron chi connectivity index (χ3n) is 2.04. The zero-order valence-electron chi connectivity index (χ0n) is 8.73. The summed E-state index contributed by atoms with van der Waals surface area (Å²) in [5.41, 5.74) is 0.697. The van der Waals surface area contributed by atoms with E-state index in [-0.39, 0.29) is 10.7 Å². The minimum atomic E-state index is -0.767. The monoisotopic (exact) mass is 266 g/mol. The summed E-state index contributed by atoms with van der Waals surface area (Å²) in [7, 11) is 0. The number of nitrogens with zero attached hydrogens (tertiary/aromatic N) is 3. The van der Waals surface area contributed by atoms with Crippen LogP contribution in [0, 0.1) is 10.1 Å². The molecule has 2 rings (SSSR count). The van der Waals surface area contributed by atoms with E-state index < -0.39 is 22.3 Å². The van der Waals surface area contributed by atoms with E-state index in [0.29, 0.717) is 0 Å². The van der Waals surface area contributed by atoms with Crippen molar-refractivity contribution in [2.75, 3.05) is 5.32 Å². The zero-order valence-corrected chi connectivity index (χ0v) is 9.55. The Hall–Kier alpha value is -2.55. The number of aromatic hydroxyl groups is 1. The van der Waals surface area contributed by atoms with Crippen molar-refractivity contribution in [1.82, 2.24) is 10.2 Å². The lowest BCUT2D eigenvalue weighted by molar-refractivity contribution is -0.385. The zero-order chi connectivity index (χ0) is 13.1. The number of aromatic nitrogens is 2. The number of nitro benzene ring substituents is 1. The van der Waals surface area contributed by atoms with E-state index in [4.69, 9.17) is 0 Å². The number of phenolic OH excluding ortho intramolecular Hbond substituents is 1. The molecule has 1 aromatic heterocycles. The molecule has 0 radical (unpaired) electrons. The van der Waals surface area contributed by atoms with Gasteiger partial charge in [0.2, 0.25) is 10.9 Å². The van der Waals surface area contributed by atoms with Gasteiger partial charge in [-0.3, -0.25) is 20.2 Å². The molecular weight excluding hydrogens is 260 g/mol. The van der Waals surface area contributed by atoms with Crippen LogP contribution in [-0.4, -0.2) is 26.1 Å². The molecule has 0 unspecified atom stereocenters. The van der Waals surface area contributed by atoms with E-state index in [1.165, 1.54) is 17.6 Å². The standard InChI is InChI=1S/C9H6N4O4S/c14-7-5(2-1-3-6(7)13(16)17)8(15)11-9-12-10-4-18-9/h1-4,14H,(H,11,12,15). The minimum Gasteiger partial charge on any atom is -0.502 e. The van der Waals surface area contributed by atoms with Crippen LogP contribution < -0.4 is 5.32 Å². The van der Waals surface area contributed by atoms with Gasteiger partial charge >= 0.3 is 5.69 Å². The molecule has 92 valence electrons. The summed E-state index contributed by atoms with van der Waals surface area (Å²) >= 11 is 1.09. The van der Waals surface area contributed by atoms with E-state index in [0.717, 1.165) is 17.4 Å². The first-order chi connectivity index (χ1) is 8.59. The Morgan fingerprint density at radius 1 is 1.50 bits per heavy atom. The van der Waals surface area contributed by atoms with Gasteiger partial charge in [-0.25, -0.2) is 0 Å². The number of para-hydroxylation sites is 1. The first-order valence-electron chi connectivity index (χ1n) is 4.63. The van der Waals surface area contributed by atoms with Gasteiger partial charge in [0.05, 0.1) is 10.5 Å². The molecule has 1 heterocycles. The highest BCUT2D eigenvalue weighted by Gasteiger charge is 2.21. The van der Waals surface area contributed by atoms with Crippen molar-refractivity contribution in [3.05, 3.63) is 39.4 Å². The normalized spacial score (nSPS) is 10.0. The molecule has 2 N–H and O–H groups in total. The third kappa shape index (κ3) is 2.25. The molecule has 1 aromatic carbocycles. The van der Waals surface area contributed by atoms with Crippen molar-refractivity contribution in [3.63, 3.8) is 0 Å². The number of nitrogens with one attached hydrogen (secondary N) is 1. The van der Waals surface area contributed by atoms with Gasteiger partial charge in [-0.1, -0.05) is 17.4 Å². The van der Waals surface area contributed by atoms with Crippen LogP contribution in [-0.2, 0) is 0 Å². The van der Waals surface area contributed by atoms with Crippen LogP contribution in [0.1, 0.15) is 10.4 Å². The highest BCUT2D eigenvalue weighted by atomic mass is 32.1. The molecule has 18 heavy (non-hydrogen) atoms. The van der Waals surface area contributed by atoms with Gasteiger partial charge in [-0.05, 0) is 6.07 Å². The predicted octanol–water partition coefficient (Wildman–Crippen LogP) is 1.40. The molecule has 0 saturated heterocycles. The summed E-state index contributed by atoms with van der Waals surface area (Å²) in [6.45, 7) is 0. The fourth-order valence-electron chi connectivity index (χ4n) is 1.25. The van der Waals surface area contributed by atoms with Crippen molar-refractivity contribution >= 4 is 28.1 Å². The van der Waals surface area contributed by atoms with Crippen molar-refractivity contribution < 1.29 is 14.8 Å². The number of anilines is 1. The van der Waals surface area contributed by atoms with E-state index in [1.54, 1.807) is 0 Å². The lowest BCUT2D eigenvalue weighted by Crippen LogP contribution is -2.12. The Labute approximate surface area is 104 Å². The fraction of sp³-hybridized carbons (Fsp3) is 0. The number of carbonyl (C=O) groups is 1. The summed E-state index contributed by atoms with van der Waals surface area (Å²) in [6, 6.07) is 3.70. The van der Waals surface area contributed by atoms with Crippen LogP contribution in [0.15, 0.2) is 23.7 Å². The number of hydrogen-bond acceptors (Lipinski definition) is 7.